The molecule has 4 nitrogen and oxygen atoms in total. The van der Waals surface area contributed by atoms with Gasteiger partial charge in [-0.1, -0.05) is 20.3 Å². The van der Waals surface area contributed by atoms with Crippen LogP contribution in [0, 0.1) is 5.92 Å². The lowest BCUT2D eigenvalue weighted by molar-refractivity contribution is -0.0852. The minimum absolute atomic E-state index is 0.0651. The number of methoxy groups -OCH3 is 2. The van der Waals surface area contributed by atoms with E-state index in [1.807, 2.05) is 13.8 Å². The first-order chi connectivity index (χ1) is 6.45. The third-order valence-electron chi connectivity index (χ3n) is 2.15. The molecule has 0 aromatic heterocycles. The van der Waals surface area contributed by atoms with E-state index in [0.717, 1.165) is 6.42 Å². The zero-order chi connectivity index (χ0) is 11.2. The first kappa shape index (κ1) is 13.9. The van der Waals surface area contributed by atoms with Crippen LogP contribution in [0.2, 0.25) is 0 Å². The Labute approximate surface area is 86.5 Å². The SMILES string of the molecule is CCC(C)CS(=O)(=O)CC(OC)OC. The third kappa shape index (κ3) is 5.57. The Bertz CT molecular complexity index is 231. The summed E-state index contributed by atoms with van der Waals surface area (Å²) in [6.07, 6.45) is 0.216. The molecule has 0 amide bonds. The van der Waals surface area contributed by atoms with Crippen molar-refractivity contribution < 1.29 is 17.9 Å². The highest BCUT2D eigenvalue weighted by molar-refractivity contribution is 7.91. The fourth-order valence-corrected chi connectivity index (χ4v) is 2.98. The standard InChI is InChI=1S/C9H20O4S/c1-5-8(2)6-14(10,11)7-9(12-3)13-4/h8-9H,5-7H2,1-4H3. The second-order valence-corrected chi connectivity index (χ2v) is 5.65. The highest BCUT2D eigenvalue weighted by atomic mass is 32.2. The van der Waals surface area contributed by atoms with E-state index in [2.05, 4.69) is 0 Å². The van der Waals surface area contributed by atoms with Crippen LogP contribution in [0.5, 0.6) is 0 Å². The normalized spacial score (nSPS) is 14.6. The maximum Gasteiger partial charge on any atom is 0.170 e. The Balaban J connectivity index is 4.19. The Hall–Kier alpha value is -0.130. The van der Waals surface area contributed by atoms with Gasteiger partial charge in [-0.2, -0.15) is 0 Å². The van der Waals surface area contributed by atoms with Gasteiger partial charge in [0.05, 0.1) is 5.75 Å². The largest absolute Gasteiger partial charge is 0.355 e. The molecule has 5 heteroatoms. The molecule has 0 radical (unpaired) electrons. The Kier molecular flexibility index (Phi) is 6.31. The molecule has 0 spiro atoms. The summed E-state index contributed by atoms with van der Waals surface area (Å²) in [5.41, 5.74) is 0. The van der Waals surface area contributed by atoms with Gasteiger partial charge in [0.2, 0.25) is 0 Å². The summed E-state index contributed by atoms with van der Waals surface area (Å²) in [6, 6.07) is 0. The Morgan fingerprint density at radius 2 is 1.64 bits per heavy atom. The summed E-state index contributed by atoms with van der Waals surface area (Å²) in [5.74, 6) is 0.325. The molecule has 1 unspecified atom stereocenters. The van der Waals surface area contributed by atoms with E-state index in [-0.39, 0.29) is 17.4 Å². The third-order valence-corrected chi connectivity index (χ3v) is 4.01. The molecule has 0 aromatic rings. The molecule has 14 heavy (non-hydrogen) atoms. The number of ether oxygens (including phenoxy) is 2. The van der Waals surface area contributed by atoms with Crippen LogP contribution in [0.25, 0.3) is 0 Å². The zero-order valence-electron chi connectivity index (χ0n) is 9.32. The maximum absolute atomic E-state index is 11.6. The van der Waals surface area contributed by atoms with E-state index < -0.39 is 16.1 Å². The molecule has 0 aliphatic rings. The Morgan fingerprint density at radius 3 is 2.00 bits per heavy atom. The summed E-state index contributed by atoms with van der Waals surface area (Å²) in [4.78, 5) is 0. The number of hydrogen-bond donors (Lipinski definition) is 0. The van der Waals surface area contributed by atoms with Gasteiger partial charge in [-0.05, 0) is 5.92 Å². The van der Waals surface area contributed by atoms with Crippen molar-refractivity contribution in [2.75, 3.05) is 25.7 Å². The van der Waals surface area contributed by atoms with Crippen molar-refractivity contribution in [1.82, 2.24) is 0 Å². The summed E-state index contributed by atoms with van der Waals surface area (Å²) in [5, 5.41) is 0. The molecule has 0 aliphatic heterocycles. The lowest BCUT2D eigenvalue weighted by atomic mass is 10.2. The van der Waals surface area contributed by atoms with Crippen molar-refractivity contribution in [3.63, 3.8) is 0 Å². The van der Waals surface area contributed by atoms with Crippen molar-refractivity contribution in [2.24, 2.45) is 5.92 Å². The Morgan fingerprint density at radius 1 is 1.14 bits per heavy atom. The number of hydrogen-bond acceptors (Lipinski definition) is 4. The molecule has 0 heterocycles. The lowest BCUT2D eigenvalue weighted by Crippen LogP contribution is -2.28. The topological polar surface area (TPSA) is 52.6 Å². The molecule has 86 valence electrons. The first-order valence-corrected chi connectivity index (χ1v) is 6.53. The van der Waals surface area contributed by atoms with Gasteiger partial charge >= 0.3 is 0 Å². The van der Waals surface area contributed by atoms with Crippen LogP contribution >= 0.6 is 0 Å². The highest BCUT2D eigenvalue weighted by Gasteiger charge is 2.20. The van der Waals surface area contributed by atoms with Gasteiger partial charge < -0.3 is 9.47 Å². The van der Waals surface area contributed by atoms with Crippen molar-refractivity contribution >= 4 is 9.84 Å². The number of rotatable bonds is 7. The van der Waals surface area contributed by atoms with Gasteiger partial charge in [-0.25, -0.2) is 8.42 Å². The van der Waals surface area contributed by atoms with Crippen LogP contribution in [0.15, 0.2) is 0 Å². The number of sulfone groups is 1. The van der Waals surface area contributed by atoms with E-state index in [1.54, 1.807) is 0 Å². The fraction of sp³-hybridized carbons (Fsp3) is 1.00. The van der Waals surface area contributed by atoms with Gasteiger partial charge in [-0.3, -0.25) is 0 Å². The zero-order valence-corrected chi connectivity index (χ0v) is 10.1. The minimum Gasteiger partial charge on any atom is -0.355 e. The molecular weight excluding hydrogens is 204 g/mol. The molecule has 0 aliphatic carbocycles. The van der Waals surface area contributed by atoms with E-state index >= 15 is 0 Å². The van der Waals surface area contributed by atoms with Gasteiger partial charge in [-0.15, -0.1) is 0 Å². The van der Waals surface area contributed by atoms with Crippen molar-refractivity contribution in [1.29, 1.82) is 0 Å². The lowest BCUT2D eigenvalue weighted by Gasteiger charge is -2.15. The van der Waals surface area contributed by atoms with E-state index in [0.29, 0.717) is 0 Å². The van der Waals surface area contributed by atoms with Gasteiger partial charge in [0.1, 0.15) is 5.75 Å². The average molecular weight is 224 g/mol. The minimum atomic E-state index is -3.07. The van der Waals surface area contributed by atoms with Gasteiger partial charge in [0.15, 0.2) is 16.1 Å². The summed E-state index contributed by atoms with van der Waals surface area (Å²) < 4.78 is 32.8. The van der Waals surface area contributed by atoms with Crippen LogP contribution in [0.4, 0.5) is 0 Å². The van der Waals surface area contributed by atoms with Crippen molar-refractivity contribution in [3.8, 4) is 0 Å². The van der Waals surface area contributed by atoms with E-state index in [9.17, 15) is 8.42 Å². The molecule has 1 atom stereocenters. The summed E-state index contributed by atoms with van der Waals surface area (Å²) in [7, 11) is -0.191. The first-order valence-electron chi connectivity index (χ1n) is 4.71. The predicted molar refractivity (Wildman–Crippen MR) is 55.9 cm³/mol. The molecule has 0 bridgehead atoms. The molecule has 0 aromatic carbocycles. The quantitative estimate of drug-likeness (QED) is 0.607. The molecule has 0 saturated heterocycles. The summed E-state index contributed by atoms with van der Waals surface area (Å²) >= 11 is 0. The van der Waals surface area contributed by atoms with E-state index in [1.165, 1.54) is 14.2 Å². The van der Waals surface area contributed by atoms with Crippen LogP contribution in [-0.4, -0.2) is 40.4 Å². The highest BCUT2D eigenvalue weighted by Crippen LogP contribution is 2.08. The van der Waals surface area contributed by atoms with Crippen molar-refractivity contribution in [2.45, 2.75) is 26.6 Å². The monoisotopic (exact) mass is 224 g/mol. The smallest absolute Gasteiger partial charge is 0.170 e. The van der Waals surface area contributed by atoms with Gasteiger partial charge in [0, 0.05) is 14.2 Å². The molecule has 0 N–H and O–H groups in total. The second-order valence-electron chi connectivity index (χ2n) is 3.49. The molecule has 0 saturated carbocycles. The van der Waals surface area contributed by atoms with Crippen LogP contribution in [0.1, 0.15) is 20.3 Å². The van der Waals surface area contributed by atoms with Crippen molar-refractivity contribution in [3.05, 3.63) is 0 Å². The van der Waals surface area contributed by atoms with E-state index in [4.69, 9.17) is 9.47 Å². The maximum atomic E-state index is 11.6. The molecule has 0 fully saturated rings. The second kappa shape index (κ2) is 6.37. The van der Waals surface area contributed by atoms with Crippen LogP contribution < -0.4 is 0 Å². The van der Waals surface area contributed by atoms with Gasteiger partial charge in [0.25, 0.3) is 0 Å². The fourth-order valence-electron chi connectivity index (χ4n) is 1.06. The predicted octanol–water partition coefficient (Wildman–Crippen LogP) is 1.07. The molecule has 0 rings (SSSR count). The average Bonchev–Trinajstić information content (AvgIpc) is 2.13. The summed E-state index contributed by atoms with van der Waals surface area (Å²) in [6.45, 7) is 3.90. The molecular formula is C9H20O4S. The van der Waals surface area contributed by atoms with Crippen LogP contribution in [0.3, 0.4) is 0 Å². The van der Waals surface area contributed by atoms with Crippen LogP contribution in [-0.2, 0) is 19.3 Å².